The molecule has 0 spiro atoms. The van der Waals surface area contributed by atoms with E-state index in [2.05, 4.69) is 5.10 Å². The van der Waals surface area contributed by atoms with Gasteiger partial charge in [-0.1, -0.05) is 6.92 Å². The number of carbonyl (C=O) groups excluding carboxylic acids is 1. The van der Waals surface area contributed by atoms with E-state index in [4.69, 9.17) is 0 Å². The number of hydrogen-bond acceptors (Lipinski definition) is 2. The zero-order valence-corrected chi connectivity index (χ0v) is 12.0. The van der Waals surface area contributed by atoms with Gasteiger partial charge in [-0.05, 0) is 47.2 Å². The Morgan fingerprint density at radius 2 is 2.28 bits per heavy atom. The summed E-state index contributed by atoms with van der Waals surface area (Å²) in [6.07, 6.45) is 4.24. The molecule has 0 aliphatic heterocycles. The van der Waals surface area contributed by atoms with E-state index < -0.39 is 0 Å². The number of hydrogen-bond donors (Lipinski definition) is 0. The standard InChI is InChI=1S/C13H12FIN2O/c1-2-5-17-8-9(7-16-17)13(18)11-4-3-10(14)6-12(11)15/h3-4,6-8H,2,5H2,1H3. The first-order chi connectivity index (χ1) is 8.61. The first-order valence-electron chi connectivity index (χ1n) is 5.64. The summed E-state index contributed by atoms with van der Waals surface area (Å²) in [6, 6.07) is 4.16. The van der Waals surface area contributed by atoms with Gasteiger partial charge in [0, 0.05) is 21.9 Å². The fraction of sp³-hybridized carbons (Fsp3) is 0.231. The minimum Gasteiger partial charge on any atom is -0.288 e. The lowest BCUT2D eigenvalue weighted by molar-refractivity contribution is 0.103. The molecule has 1 aromatic carbocycles. The number of ketones is 1. The summed E-state index contributed by atoms with van der Waals surface area (Å²) in [5.74, 6) is -0.459. The SMILES string of the molecule is CCCn1cc(C(=O)c2ccc(F)cc2I)cn1. The minimum atomic E-state index is -0.336. The van der Waals surface area contributed by atoms with E-state index in [0.29, 0.717) is 14.7 Å². The smallest absolute Gasteiger partial charge is 0.197 e. The summed E-state index contributed by atoms with van der Waals surface area (Å²) in [5.41, 5.74) is 1.04. The summed E-state index contributed by atoms with van der Waals surface area (Å²) < 4.78 is 15.3. The average molecular weight is 358 g/mol. The van der Waals surface area contributed by atoms with Crippen molar-refractivity contribution >= 4 is 28.4 Å². The predicted octanol–water partition coefficient (Wildman–Crippen LogP) is 3.27. The van der Waals surface area contributed by atoms with Crippen molar-refractivity contribution in [1.29, 1.82) is 0 Å². The Morgan fingerprint density at radius 3 is 2.94 bits per heavy atom. The lowest BCUT2D eigenvalue weighted by atomic mass is 10.1. The summed E-state index contributed by atoms with van der Waals surface area (Å²) in [4.78, 5) is 12.2. The van der Waals surface area contributed by atoms with E-state index in [0.717, 1.165) is 13.0 Å². The molecule has 0 aliphatic rings. The number of rotatable bonds is 4. The molecular formula is C13H12FIN2O. The molecule has 5 heteroatoms. The fourth-order valence-corrected chi connectivity index (χ4v) is 2.38. The van der Waals surface area contributed by atoms with E-state index >= 15 is 0 Å². The number of aryl methyl sites for hydroxylation is 1. The normalized spacial score (nSPS) is 10.6. The van der Waals surface area contributed by atoms with Gasteiger partial charge >= 0.3 is 0 Å². The minimum absolute atomic E-state index is 0.123. The topological polar surface area (TPSA) is 34.9 Å². The number of carbonyl (C=O) groups is 1. The molecule has 94 valence electrons. The third-order valence-corrected chi connectivity index (χ3v) is 3.42. The Hall–Kier alpha value is -1.24. The molecule has 0 saturated heterocycles. The van der Waals surface area contributed by atoms with Crippen molar-refractivity contribution in [3.05, 3.63) is 51.1 Å². The highest BCUT2D eigenvalue weighted by Crippen LogP contribution is 2.17. The molecule has 0 aliphatic carbocycles. The quantitative estimate of drug-likeness (QED) is 0.621. The van der Waals surface area contributed by atoms with Crippen LogP contribution in [-0.2, 0) is 6.54 Å². The van der Waals surface area contributed by atoms with Gasteiger partial charge in [-0.3, -0.25) is 9.48 Å². The van der Waals surface area contributed by atoms with Gasteiger partial charge < -0.3 is 0 Å². The largest absolute Gasteiger partial charge is 0.288 e. The summed E-state index contributed by atoms with van der Waals surface area (Å²) >= 11 is 1.96. The van der Waals surface area contributed by atoms with Crippen LogP contribution in [0.5, 0.6) is 0 Å². The van der Waals surface area contributed by atoms with Crippen LogP contribution in [0.15, 0.2) is 30.6 Å². The third kappa shape index (κ3) is 2.77. The number of aromatic nitrogens is 2. The zero-order valence-electron chi connectivity index (χ0n) is 9.86. The molecule has 2 rings (SSSR count). The van der Waals surface area contributed by atoms with Crippen molar-refractivity contribution in [2.45, 2.75) is 19.9 Å². The highest BCUT2D eigenvalue weighted by atomic mass is 127. The van der Waals surface area contributed by atoms with E-state index in [-0.39, 0.29) is 11.6 Å². The van der Waals surface area contributed by atoms with Crippen LogP contribution in [0.3, 0.4) is 0 Å². The van der Waals surface area contributed by atoms with Crippen LogP contribution in [0.1, 0.15) is 29.3 Å². The molecule has 0 N–H and O–H groups in total. The van der Waals surface area contributed by atoms with Gasteiger partial charge in [0.2, 0.25) is 0 Å². The summed E-state index contributed by atoms with van der Waals surface area (Å²) in [7, 11) is 0. The fourth-order valence-electron chi connectivity index (χ4n) is 1.66. The van der Waals surface area contributed by atoms with Crippen molar-refractivity contribution in [1.82, 2.24) is 9.78 Å². The first-order valence-corrected chi connectivity index (χ1v) is 6.72. The molecule has 0 radical (unpaired) electrons. The van der Waals surface area contributed by atoms with Crippen LogP contribution in [-0.4, -0.2) is 15.6 Å². The molecule has 0 amide bonds. The highest BCUT2D eigenvalue weighted by Gasteiger charge is 2.14. The molecule has 0 unspecified atom stereocenters. The van der Waals surface area contributed by atoms with Crippen molar-refractivity contribution < 1.29 is 9.18 Å². The predicted molar refractivity (Wildman–Crippen MR) is 75.1 cm³/mol. The maximum absolute atomic E-state index is 13.0. The van der Waals surface area contributed by atoms with Crippen LogP contribution >= 0.6 is 22.6 Å². The molecule has 2 aromatic rings. The van der Waals surface area contributed by atoms with Crippen molar-refractivity contribution in [2.75, 3.05) is 0 Å². The zero-order chi connectivity index (χ0) is 13.1. The lowest BCUT2D eigenvalue weighted by Crippen LogP contribution is -2.03. The molecule has 0 atom stereocenters. The maximum atomic E-state index is 13.0. The van der Waals surface area contributed by atoms with Gasteiger partial charge in [0.15, 0.2) is 5.78 Å². The number of halogens is 2. The van der Waals surface area contributed by atoms with Crippen LogP contribution < -0.4 is 0 Å². The molecule has 1 aromatic heterocycles. The van der Waals surface area contributed by atoms with Gasteiger partial charge in [0.25, 0.3) is 0 Å². The van der Waals surface area contributed by atoms with Crippen LogP contribution in [0, 0.1) is 9.39 Å². The van der Waals surface area contributed by atoms with E-state index in [1.54, 1.807) is 17.1 Å². The van der Waals surface area contributed by atoms with Gasteiger partial charge in [-0.25, -0.2) is 4.39 Å². The second-order valence-electron chi connectivity index (χ2n) is 3.95. The monoisotopic (exact) mass is 358 g/mol. The molecule has 0 saturated carbocycles. The van der Waals surface area contributed by atoms with E-state index in [1.807, 2.05) is 29.5 Å². The Labute approximate surface area is 118 Å². The Bertz CT molecular complexity index is 580. The van der Waals surface area contributed by atoms with Gasteiger partial charge in [-0.2, -0.15) is 5.10 Å². The molecule has 18 heavy (non-hydrogen) atoms. The second kappa shape index (κ2) is 5.60. The second-order valence-corrected chi connectivity index (χ2v) is 5.11. The molecule has 0 bridgehead atoms. The van der Waals surface area contributed by atoms with E-state index in [9.17, 15) is 9.18 Å². The Kier molecular flexibility index (Phi) is 4.11. The molecule has 1 heterocycles. The van der Waals surface area contributed by atoms with Crippen LogP contribution in [0.4, 0.5) is 4.39 Å². The van der Waals surface area contributed by atoms with Gasteiger partial charge in [-0.15, -0.1) is 0 Å². The van der Waals surface area contributed by atoms with Gasteiger partial charge in [0.1, 0.15) is 5.82 Å². The van der Waals surface area contributed by atoms with Crippen molar-refractivity contribution in [3.8, 4) is 0 Å². The molecule has 3 nitrogen and oxygen atoms in total. The first kappa shape index (κ1) is 13.2. The maximum Gasteiger partial charge on any atom is 0.197 e. The molecule has 0 fully saturated rings. The Morgan fingerprint density at radius 1 is 1.50 bits per heavy atom. The molecular weight excluding hydrogens is 346 g/mol. The van der Waals surface area contributed by atoms with E-state index in [1.165, 1.54) is 18.2 Å². The van der Waals surface area contributed by atoms with Crippen LogP contribution in [0.25, 0.3) is 0 Å². The van der Waals surface area contributed by atoms with Crippen molar-refractivity contribution in [3.63, 3.8) is 0 Å². The van der Waals surface area contributed by atoms with Crippen molar-refractivity contribution in [2.24, 2.45) is 0 Å². The summed E-state index contributed by atoms with van der Waals surface area (Å²) in [6.45, 7) is 2.83. The van der Waals surface area contributed by atoms with Crippen LogP contribution in [0.2, 0.25) is 0 Å². The van der Waals surface area contributed by atoms with Gasteiger partial charge in [0.05, 0.1) is 11.8 Å². The highest BCUT2D eigenvalue weighted by molar-refractivity contribution is 14.1. The number of benzene rings is 1. The average Bonchev–Trinajstić information content (AvgIpc) is 2.77. The number of nitrogens with zero attached hydrogens (tertiary/aromatic N) is 2. The lowest BCUT2D eigenvalue weighted by Gasteiger charge is -2.01. The third-order valence-electron chi connectivity index (χ3n) is 2.52. The Balaban J connectivity index is 2.29. The summed E-state index contributed by atoms with van der Waals surface area (Å²) in [5, 5.41) is 4.12.